The van der Waals surface area contributed by atoms with Gasteiger partial charge in [0.25, 0.3) is 0 Å². The van der Waals surface area contributed by atoms with E-state index in [1.165, 1.54) is 13.2 Å². The molecule has 140 valence electrons. The monoisotopic (exact) mass is 352 g/mol. The van der Waals surface area contributed by atoms with Gasteiger partial charge in [-0.05, 0) is 31.9 Å². The molecular formula is C19H29FN2O3. The normalized spacial score (nSPS) is 21.2. The van der Waals surface area contributed by atoms with E-state index in [0.717, 1.165) is 19.4 Å². The van der Waals surface area contributed by atoms with Gasteiger partial charge >= 0.3 is 0 Å². The van der Waals surface area contributed by atoms with Crippen molar-refractivity contribution in [2.24, 2.45) is 0 Å². The summed E-state index contributed by atoms with van der Waals surface area (Å²) in [6.45, 7) is 2.14. The number of hydrogen-bond acceptors (Lipinski definition) is 4. The van der Waals surface area contributed by atoms with Gasteiger partial charge in [0.15, 0.2) is 0 Å². The van der Waals surface area contributed by atoms with Crippen LogP contribution in [0.5, 0.6) is 5.75 Å². The quantitative estimate of drug-likeness (QED) is 0.757. The van der Waals surface area contributed by atoms with Gasteiger partial charge in [-0.1, -0.05) is 6.07 Å². The molecule has 25 heavy (non-hydrogen) atoms. The Labute approximate surface area is 149 Å². The molecule has 0 spiro atoms. The fraction of sp³-hybridized carbons (Fsp3) is 0.632. The van der Waals surface area contributed by atoms with Gasteiger partial charge in [-0.25, -0.2) is 4.39 Å². The molecule has 0 radical (unpaired) electrons. The third-order valence-corrected chi connectivity index (χ3v) is 5.00. The second-order valence-electron chi connectivity index (χ2n) is 6.95. The summed E-state index contributed by atoms with van der Waals surface area (Å²) in [6.07, 6.45) is 3.04. The zero-order valence-electron chi connectivity index (χ0n) is 15.7. The molecule has 0 saturated carbocycles. The van der Waals surface area contributed by atoms with Crippen LogP contribution >= 0.6 is 0 Å². The van der Waals surface area contributed by atoms with E-state index >= 15 is 0 Å². The SMILES string of the molecule is COc1ccc(CN2CCC[C@](CCC(=O)N(C)C)(OC)C2)c(F)c1. The lowest BCUT2D eigenvalue weighted by Gasteiger charge is -2.42. The van der Waals surface area contributed by atoms with Crippen LogP contribution in [0.4, 0.5) is 4.39 Å². The maximum atomic E-state index is 14.2. The highest BCUT2D eigenvalue weighted by Crippen LogP contribution is 2.31. The number of nitrogens with zero attached hydrogens (tertiary/aromatic N) is 2. The van der Waals surface area contributed by atoms with Gasteiger partial charge in [0.1, 0.15) is 11.6 Å². The second-order valence-corrected chi connectivity index (χ2v) is 6.95. The summed E-state index contributed by atoms with van der Waals surface area (Å²) in [5.74, 6) is 0.374. The van der Waals surface area contributed by atoms with Gasteiger partial charge < -0.3 is 14.4 Å². The highest BCUT2D eigenvalue weighted by Gasteiger charge is 2.36. The molecule has 0 unspecified atom stereocenters. The van der Waals surface area contributed by atoms with Crippen LogP contribution in [0.1, 0.15) is 31.2 Å². The average Bonchev–Trinajstić information content (AvgIpc) is 2.61. The first kappa shape index (κ1) is 19.7. The van der Waals surface area contributed by atoms with Gasteiger partial charge in [-0.3, -0.25) is 9.69 Å². The molecule has 0 aromatic heterocycles. The van der Waals surface area contributed by atoms with E-state index < -0.39 is 0 Å². The Morgan fingerprint density at radius 1 is 1.36 bits per heavy atom. The fourth-order valence-electron chi connectivity index (χ4n) is 3.38. The summed E-state index contributed by atoms with van der Waals surface area (Å²) < 4.78 is 25.1. The van der Waals surface area contributed by atoms with Crippen molar-refractivity contribution in [3.05, 3.63) is 29.6 Å². The zero-order valence-corrected chi connectivity index (χ0v) is 15.7. The number of likely N-dealkylation sites (tertiary alicyclic amines) is 1. The third kappa shape index (κ3) is 5.16. The van der Waals surface area contributed by atoms with E-state index in [2.05, 4.69) is 4.90 Å². The molecule has 1 atom stereocenters. The lowest BCUT2D eigenvalue weighted by Crippen LogP contribution is -2.49. The largest absolute Gasteiger partial charge is 0.497 e. The van der Waals surface area contributed by atoms with Crippen LogP contribution in [-0.4, -0.2) is 62.7 Å². The first-order valence-electron chi connectivity index (χ1n) is 8.69. The summed E-state index contributed by atoms with van der Waals surface area (Å²) in [5.41, 5.74) is 0.310. The van der Waals surface area contributed by atoms with Crippen LogP contribution in [0.2, 0.25) is 0 Å². The van der Waals surface area contributed by atoms with Crippen molar-refractivity contribution in [2.75, 3.05) is 41.4 Å². The molecule has 1 saturated heterocycles. The standard InChI is InChI=1S/C19H29FN2O3/c1-21(2)18(23)8-10-19(25-4)9-5-11-22(14-19)13-15-6-7-16(24-3)12-17(15)20/h6-7,12H,5,8-11,13-14H2,1-4H3/t19-/m1/s1. The predicted octanol–water partition coefficient (Wildman–Crippen LogP) is 2.68. The zero-order chi connectivity index (χ0) is 18.4. The summed E-state index contributed by atoms with van der Waals surface area (Å²) in [7, 11) is 6.77. The van der Waals surface area contributed by atoms with E-state index in [-0.39, 0.29) is 17.3 Å². The van der Waals surface area contributed by atoms with Crippen molar-refractivity contribution in [1.29, 1.82) is 0 Å². The van der Waals surface area contributed by atoms with Gasteiger partial charge in [0, 0.05) is 52.3 Å². The molecule has 0 bridgehead atoms. The summed E-state index contributed by atoms with van der Waals surface area (Å²) in [5, 5.41) is 0. The van der Waals surface area contributed by atoms with E-state index in [1.807, 2.05) is 0 Å². The van der Waals surface area contributed by atoms with Crippen LogP contribution in [0, 0.1) is 5.82 Å². The number of methoxy groups -OCH3 is 2. The van der Waals surface area contributed by atoms with E-state index in [4.69, 9.17) is 9.47 Å². The topological polar surface area (TPSA) is 42.0 Å². The molecule has 1 aliphatic rings. The molecule has 6 heteroatoms. The van der Waals surface area contributed by atoms with Crippen molar-refractivity contribution in [3.8, 4) is 5.75 Å². The molecule has 0 N–H and O–H groups in total. The number of piperidine rings is 1. The van der Waals surface area contributed by atoms with E-state index in [1.54, 1.807) is 38.2 Å². The smallest absolute Gasteiger partial charge is 0.222 e. The maximum absolute atomic E-state index is 14.2. The highest BCUT2D eigenvalue weighted by atomic mass is 19.1. The predicted molar refractivity (Wildman–Crippen MR) is 95.1 cm³/mol. The van der Waals surface area contributed by atoms with Crippen LogP contribution in [0.3, 0.4) is 0 Å². The minimum atomic E-state index is -0.340. The first-order valence-corrected chi connectivity index (χ1v) is 8.69. The van der Waals surface area contributed by atoms with Crippen LogP contribution in [-0.2, 0) is 16.1 Å². The number of rotatable bonds is 7. The molecule has 0 aliphatic carbocycles. The number of benzene rings is 1. The Morgan fingerprint density at radius 3 is 2.72 bits per heavy atom. The molecule has 5 nitrogen and oxygen atoms in total. The number of ether oxygens (including phenoxy) is 2. The van der Waals surface area contributed by atoms with Crippen molar-refractivity contribution in [2.45, 2.75) is 37.8 Å². The highest BCUT2D eigenvalue weighted by molar-refractivity contribution is 5.75. The molecular weight excluding hydrogens is 323 g/mol. The maximum Gasteiger partial charge on any atom is 0.222 e. The second kappa shape index (κ2) is 8.63. The number of halogens is 1. The Kier molecular flexibility index (Phi) is 6.79. The Morgan fingerprint density at radius 2 is 2.12 bits per heavy atom. The molecule has 1 aromatic rings. The Bertz CT molecular complexity index is 594. The molecule has 1 fully saturated rings. The van der Waals surface area contributed by atoms with E-state index in [9.17, 15) is 9.18 Å². The van der Waals surface area contributed by atoms with Gasteiger partial charge in [0.2, 0.25) is 5.91 Å². The molecule has 1 heterocycles. The van der Waals surface area contributed by atoms with Crippen molar-refractivity contribution < 1.29 is 18.7 Å². The Balaban J connectivity index is 2.02. The Hall–Kier alpha value is -1.66. The molecule has 1 amide bonds. The minimum absolute atomic E-state index is 0.106. The fourth-order valence-corrected chi connectivity index (χ4v) is 3.38. The third-order valence-electron chi connectivity index (χ3n) is 5.00. The van der Waals surface area contributed by atoms with Crippen molar-refractivity contribution in [1.82, 2.24) is 9.80 Å². The summed E-state index contributed by atoms with van der Waals surface area (Å²) in [4.78, 5) is 15.7. The minimum Gasteiger partial charge on any atom is -0.497 e. The van der Waals surface area contributed by atoms with Gasteiger partial charge in [-0.2, -0.15) is 0 Å². The molecule has 1 aromatic carbocycles. The van der Waals surface area contributed by atoms with Crippen LogP contribution in [0.25, 0.3) is 0 Å². The lowest BCUT2D eigenvalue weighted by molar-refractivity contribution is -0.132. The van der Waals surface area contributed by atoms with Crippen LogP contribution < -0.4 is 4.74 Å². The van der Waals surface area contributed by atoms with Crippen LogP contribution in [0.15, 0.2) is 18.2 Å². The number of carbonyl (C=O) groups excluding carboxylic acids is 1. The first-order chi connectivity index (χ1) is 11.9. The van der Waals surface area contributed by atoms with Gasteiger partial charge in [-0.15, -0.1) is 0 Å². The molecule has 1 aliphatic heterocycles. The van der Waals surface area contributed by atoms with Gasteiger partial charge in [0.05, 0.1) is 12.7 Å². The average molecular weight is 352 g/mol. The number of hydrogen-bond donors (Lipinski definition) is 0. The summed E-state index contributed by atoms with van der Waals surface area (Å²) >= 11 is 0. The van der Waals surface area contributed by atoms with Crippen molar-refractivity contribution in [3.63, 3.8) is 0 Å². The number of carbonyl (C=O) groups is 1. The van der Waals surface area contributed by atoms with Crippen molar-refractivity contribution >= 4 is 5.91 Å². The number of amides is 1. The lowest BCUT2D eigenvalue weighted by atomic mass is 9.87. The summed E-state index contributed by atoms with van der Waals surface area (Å²) in [6, 6.07) is 4.97. The van der Waals surface area contributed by atoms with E-state index in [0.29, 0.717) is 37.2 Å². The molecule has 2 rings (SSSR count).